The van der Waals surface area contributed by atoms with Gasteiger partial charge in [-0.25, -0.2) is 0 Å². The number of rotatable bonds is 12. The summed E-state index contributed by atoms with van der Waals surface area (Å²) < 4.78 is 7.37. The molecule has 4 aromatic carbocycles. The predicted octanol–water partition coefficient (Wildman–Crippen LogP) is 9.20. The van der Waals surface area contributed by atoms with Gasteiger partial charge in [-0.1, -0.05) is 96.8 Å². The molecule has 0 bridgehead atoms. The van der Waals surface area contributed by atoms with Crippen molar-refractivity contribution in [3.05, 3.63) is 108 Å². The normalized spacial score (nSPS) is 23.5. The van der Waals surface area contributed by atoms with Gasteiger partial charge in [-0.05, 0) is 155 Å². The van der Waals surface area contributed by atoms with Crippen LogP contribution in [0, 0.1) is 25.7 Å². The van der Waals surface area contributed by atoms with Crippen LogP contribution < -0.4 is 26.0 Å². The fourth-order valence-electron chi connectivity index (χ4n) is 8.59. The highest BCUT2D eigenvalue weighted by Gasteiger charge is 2.41. The molecule has 4 unspecified atom stereocenters. The first-order chi connectivity index (χ1) is 23.6. The summed E-state index contributed by atoms with van der Waals surface area (Å²) in [6.07, 6.45) is 7.76. The Balaban J connectivity index is 1.47. The maximum absolute atomic E-state index is 7.37. The second-order valence-corrected chi connectivity index (χ2v) is 20.0. The third kappa shape index (κ3) is 8.02. The van der Waals surface area contributed by atoms with Crippen LogP contribution >= 0.6 is 15.8 Å². The van der Waals surface area contributed by atoms with Gasteiger partial charge in [-0.3, -0.25) is 0 Å². The van der Waals surface area contributed by atoms with Gasteiger partial charge >= 0.3 is 0 Å². The molecule has 2 fully saturated rings. The van der Waals surface area contributed by atoms with Crippen molar-refractivity contribution in [1.82, 2.24) is 9.80 Å². The van der Waals surface area contributed by atoms with Gasteiger partial charge in [0.2, 0.25) is 0 Å². The molecule has 49 heavy (non-hydrogen) atoms. The quantitative estimate of drug-likeness (QED) is 0.138. The molecule has 0 saturated heterocycles. The summed E-state index contributed by atoms with van der Waals surface area (Å²) in [5.74, 6) is 3.41. The maximum atomic E-state index is 7.37. The standard InChI is InChI=1S/C44H58N2OP2/c1-31-25-27-39(43(29-31)48(35-17-11-9-12-18-35)41-23-15-21-37(41)33(3)45(5)6)47-40-28-26-32(2)30-44(40)49(36-19-13-10-14-20-36)42-24-16-22-38(42)34(4)46(7)8/h9-14,17-20,25-30,33-34,37-38,41-42H,15-16,21-24H2,1-8H3/t33-,34-,37?,38?,41?,42?,48-,49-/m1/s1. The molecule has 0 aromatic heterocycles. The van der Waals surface area contributed by atoms with E-state index in [1.54, 1.807) is 0 Å². The van der Waals surface area contributed by atoms with Crippen molar-refractivity contribution < 1.29 is 4.74 Å². The summed E-state index contributed by atoms with van der Waals surface area (Å²) in [6.45, 7) is 9.37. The molecular formula is C44H58N2OP2. The fourth-order valence-corrected chi connectivity index (χ4v) is 15.5. The summed E-state index contributed by atoms with van der Waals surface area (Å²) in [4.78, 5) is 4.88. The van der Waals surface area contributed by atoms with Crippen LogP contribution in [0.2, 0.25) is 0 Å². The molecule has 3 nitrogen and oxygen atoms in total. The molecule has 260 valence electrons. The molecule has 0 radical (unpaired) electrons. The zero-order chi connectivity index (χ0) is 34.7. The van der Waals surface area contributed by atoms with Crippen molar-refractivity contribution in [2.75, 3.05) is 28.2 Å². The Labute approximate surface area is 300 Å². The largest absolute Gasteiger partial charge is 0.456 e. The van der Waals surface area contributed by atoms with Gasteiger partial charge in [-0.15, -0.1) is 0 Å². The van der Waals surface area contributed by atoms with Crippen LogP contribution in [-0.2, 0) is 0 Å². The third-order valence-electron chi connectivity index (χ3n) is 11.6. The van der Waals surface area contributed by atoms with Crippen molar-refractivity contribution in [2.24, 2.45) is 11.8 Å². The highest BCUT2D eigenvalue weighted by Crippen LogP contribution is 2.55. The maximum Gasteiger partial charge on any atom is 0.135 e. The van der Waals surface area contributed by atoms with E-state index in [4.69, 9.17) is 4.74 Å². The van der Waals surface area contributed by atoms with Crippen LogP contribution in [0.25, 0.3) is 0 Å². The first kappa shape index (κ1) is 36.3. The Kier molecular flexibility index (Phi) is 12.0. The van der Waals surface area contributed by atoms with Gasteiger partial charge in [0.1, 0.15) is 11.5 Å². The van der Waals surface area contributed by atoms with E-state index in [1.807, 2.05) is 0 Å². The average Bonchev–Trinajstić information content (AvgIpc) is 3.78. The lowest BCUT2D eigenvalue weighted by atomic mass is 9.98. The van der Waals surface area contributed by atoms with E-state index in [-0.39, 0.29) is 0 Å². The van der Waals surface area contributed by atoms with E-state index in [0.717, 1.165) is 11.5 Å². The van der Waals surface area contributed by atoms with Crippen LogP contribution in [0.15, 0.2) is 97.1 Å². The molecule has 8 atom stereocenters. The number of hydrogen-bond donors (Lipinski definition) is 0. The summed E-state index contributed by atoms with van der Waals surface area (Å²) in [7, 11) is 7.74. The van der Waals surface area contributed by atoms with Gasteiger partial charge in [0.15, 0.2) is 0 Å². The number of benzene rings is 4. The van der Waals surface area contributed by atoms with Gasteiger partial charge < -0.3 is 14.5 Å². The van der Waals surface area contributed by atoms with E-state index < -0.39 is 15.8 Å². The Bertz CT molecular complexity index is 1540. The van der Waals surface area contributed by atoms with Crippen LogP contribution in [0.4, 0.5) is 0 Å². The van der Waals surface area contributed by atoms with Crippen molar-refractivity contribution in [1.29, 1.82) is 0 Å². The number of nitrogens with zero attached hydrogens (tertiary/aromatic N) is 2. The van der Waals surface area contributed by atoms with Crippen LogP contribution in [0.5, 0.6) is 11.5 Å². The Morgan fingerprint density at radius 3 is 1.31 bits per heavy atom. The second-order valence-electron chi connectivity index (χ2n) is 15.2. The Hall–Kier alpha value is -2.54. The van der Waals surface area contributed by atoms with E-state index in [0.29, 0.717) is 35.2 Å². The summed E-state index contributed by atoms with van der Waals surface area (Å²) >= 11 is 0. The molecule has 0 spiro atoms. The lowest BCUT2D eigenvalue weighted by Crippen LogP contribution is -2.38. The monoisotopic (exact) mass is 692 g/mol. The van der Waals surface area contributed by atoms with Gasteiger partial charge in [0.05, 0.1) is 0 Å². The Morgan fingerprint density at radius 1 is 0.551 bits per heavy atom. The SMILES string of the molecule is Cc1ccc(Oc2ccc(C)cc2[P@](c2ccccc2)C2CCCC2[C@@H](C)N(C)C)c([P@](c2ccccc2)C2CCCC2[C@@H](C)N(C)C)c1. The average molecular weight is 693 g/mol. The van der Waals surface area contributed by atoms with Gasteiger partial charge in [0.25, 0.3) is 0 Å². The molecule has 2 aliphatic rings. The number of ether oxygens (including phenoxy) is 1. The van der Waals surface area contributed by atoms with Crippen LogP contribution in [-0.4, -0.2) is 61.4 Å². The van der Waals surface area contributed by atoms with Crippen molar-refractivity contribution in [3.63, 3.8) is 0 Å². The molecule has 2 aliphatic carbocycles. The zero-order valence-corrected chi connectivity index (χ0v) is 32.9. The molecule has 5 heteroatoms. The highest BCUT2D eigenvalue weighted by atomic mass is 31.1. The highest BCUT2D eigenvalue weighted by molar-refractivity contribution is 7.74. The van der Waals surface area contributed by atoms with E-state index in [2.05, 4.69) is 163 Å². The molecule has 0 heterocycles. The number of aryl methyl sites for hydroxylation is 2. The Morgan fingerprint density at radius 2 is 0.939 bits per heavy atom. The summed E-state index contributed by atoms with van der Waals surface area (Å²) in [5, 5.41) is 5.75. The molecule has 2 saturated carbocycles. The van der Waals surface area contributed by atoms with Gasteiger partial charge in [-0.2, -0.15) is 0 Å². The predicted molar refractivity (Wildman–Crippen MR) is 216 cm³/mol. The third-order valence-corrected chi connectivity index (χ3v) is 17.7. The lowest BCUT2D eigenvalue weighted by Gasteiger charge is -2.37. The minimum Gasteiger partial charge on any atom is -0.456 e. The second kappa shape index (κ2) is 16.2. The molecule has 0 aliphatic heterocycles. The summed E-state index contributed by atoms with van der Waals surface area (Å²) in [5.41, 5.74) is 3.85. The molecule has 0 amide bonds. The topological polar surface area (TPSA) is 15.7 Å². The van der Waals surface area contributed by atoms with E-state index >= 15 is 0 Å². The smallest absolute Gasteiger partial charge is 0.135 e. The van der Waals surface area contributed by atoms with Crippen LogP contribution in [0.1, 0.15) is 63.5 Å². The van der Waals surface area contributed by atoms with Gasteiger partial charge in [0, 0.05) is 22.7 Å². The zero-order valence-electron chi connectivity index (χ0n) is 31.1. The van der Waals surface area contributed by atoms with Crippen molar-refractivity contribution in [2.45, 2.75) is 89.6 Å². The molecular weight excluding hydrogens is 634 g/mol. The molecule has 4 aromatic rings. The van der Waals surface area contributed by atoms with E-state index in [9.17, 15) is 0 Å². The molecule has 6 rings (SSSR count). The first-order valence-corrected chi connectivity index (χ1v) is 21.4. The lowest BCUT2D eigenvalue weighted by molar-refractivity contribution is 0.232. The number of hydrogen-bond acceptors (Lipinski definition) is 3. The van der Waals surface area contributed by atoms with E-state index in [1.165, 1.54) is 70.9 Å². The summed E-state index contributed by atoms with van der Waals surface area (Å²) in [6, 6.07) is 37.9. The molecule has 0 N–H and O–H groups in total. The first-order valence-electron chi connectivity index (χ1n) is 18.5. The van der Waals surface area contributed by atoms with Crippen molar-refractivity contribution in [3.8, 4) is 11.5 Å². The van der Waals surface area contributed by atoms with Crippen molar-refractivity contribution >= 4 is 37.1 Å². The minimum atomic E-state index is -0.640. The fraction of sp³-hybridized carbons (Fsp3) is 0.455. The minimum absolute atomic E-state index is 0.539. The van der Waals surface area contributed by atoms with Crippen LogP contribution in [0.3, 0.4) is 0 Å².